The van der Waals surface area contributed by atoms with Crippen molar-refractivity contribution in [3.05, 3.63) is 70.5 Å². The molecule has 0 spiro atoms. The number of amides is 1. The number of carbonyl (C=O) groups excluding carboxylic acids is 2. The largest absolute Gasteiger partial charge is 0.507 e. The Hall–Kier alpha value is -2.74. The van der Waals surface area contributed by atoms with Crippen molar-refractivity contribution in [3.63, 3.8) is 0 Å². The number of pyridine rings is 1. The highest BCUT2D eigenvalue weighted by Gasteiger charge is 2.45. The molecule has 2 saturated heterocycles. The van der Waals surface area contributed by atoms with Crippen molar-refractivity contribution in [3.8, 4) is 0 Å². The van der Waals surface area contributed by atoms with E-state index >= 15 is 0 Å². The standard InChI is InChI=1S/C23H24ClN3O4/c24-18-4-2-16(3-5-18)20-19(21(28)17-6-8-25-9-7-17)22(29)23(30)27(20)11-1-10-26-12-14-31-15-13-26/h2-9,20,28H,1,10-15H2/t20-/m0/s1. The molecule has 2 aliphatic rings. The summed E-state index contributed by atoms with van der Waals surface area (Å²) >= 11 is 6.04. The van der Waals surface area contributed by atoms with Crippen molar-refractivity contribution >= 4 is 29.1 Å². The minimum atomic E-state index is -0.680. The number of ether oxygens (including phenoxy) is 1. The summed E-state index contributed by atoms with van der Waals surface area (Å²) in [6, 6.07) is 9.56. The molecular weight excluding hydrogens is 418 g/mol. The van der Waals surface area contributed by atoms with Crippen molar-refractivity contribution in [2.24, 2.45) is 0 Å². The fraction of sp³-hybridized carbons (Fsp3) is 0.348. The highest BCUT2D eigenvalue weighted by molar-refractivity contribution is 6.46. The zero-order valence-electron chi connectivity index (χ0n) is 17.0. The second kappa shape index (κ2) is 9.60. The predicted molar refractivity (Wildman–Crippen MR) is 117 cm³/mol. The number of aromatic nitrogens is 1. The van der Waals surface area contributed by atoms with Crippen molar-refractivity contribution in [1.82, 2.24) is 14.8 Å². The molecule has 1 atom stereocenters. The van der Waals surface area contributed by atoms with Crippen molar-refractivity contribution in [1.29, 1.82) is 0 Å². The van der Waals surface area contributed by atoms with Crippen LogP contribution in [-0.4, -0.2) is 71.0 Å². The van der Waals surface area contributed by atoms with Crippen molar-refractivity contribution in [2.45, 2.75) is 12.5 Å². The first kappa shape index (κ1) is 21.5. The lowest BCUT2D eigenvalue weighted by Gasteiger charge is -2.29. The van der Waals surface area contributed by atoms with E-state index in [9.17, 15) is 14.7 Å². The van der Waals surface area contributed by atoms with E-state index in [0.29, 0.717) is 36.8 Å². The van der Waals surface area contributed by atoms with Crippen molar-refractivity contribution in [2.75, 3.05) is 39.4 Å². The SMILES string of the molecule is O=C1C(=O)N(CCCN2CCOCC2)[C@@H](c2ccc(Cl)cc2)C1=C(O)c1ccncc1. The van der Waals surface area contributed by atoms with Crippen LogP contribution in [0.4, 0.5) is 0 Å². The Morgan fingerprint density at radius 3 is 2.42 bits per heavy atom. The normalized spacial score (nSPS) is 21.6. The molecule has 2 aliphatic heterocycles. The third-order valence-corrected chi connectivity index (χ3v) is 5.91. The number of halogens is 1. The summed E-state index contributed by atoms with van der Waals surface area (Å²) in [7, 11) is 0. The average molecular weight is 442 g/mol. The van der Waals surface area contributed by atoms with E-state index in [0.717, 1.165) is 25.2 Å². The fourth-order valence-corrected chi connectivity index (χ4v) is 4.18. The second-order valence-corrected chi connectivity index (χ2v) is 8.02. The van der Waals surface area contributed by atoms with Crippen LogP contribution in [0.15, 0.2) is 54.4 Å². The molecule has 2 aromatic rings. The Kier molecular flexibility index (Phi) is 6.65. The van der Waals surface area contributed by atoms with Crippen LogP contribution in [0, 0.1) is 0 Å². The van der Waals surface area contributed by atoms with Crippen LogP contribution in [0.25, 0.3) is 5.76 Å². The molecule has 3 heterocycles. The third kappa shape index (κ3) is 4.63. The van der Waals surface area contributed by atoms with Gasteiger partial charge in [0.15, 0.2) is 0 Å². The lowest BCUT2D eigenvalue weighted by Crippen LogP contribution is -2.38. The van der Waals surface area contributed by atoms with E-state index in [1.807, 2.05) is 0 Å². The molecule has 0 aliphatic carbocycles. The van der Waals surface area contributed by atoms with Gasteiger partial charge in [-0.2, -0.15) is 0 Å². The molecule has 1 aromatic heterocycles. The number of rotatable bonds is 6. The maximum Gasteiger partial charge on any atom is 0.295 e. The zero-order chi connectivity index (χ0) is 21.8. The number of morpholine rings is 1. The number of hydrogen-bond acceptors (Lipinski definition) is 6. The fourth-order valence-electron chi connectivity index (χ4n) is 4.06. The van der Waals surface area contributed by atoms with Gasteiger partial charge in [-0.1, -0.05) is 23.7 Å². The Morgan fingerprint density at radius 1 is 1.06 bits per heavy atom. The molecular formula is C23H24ClN3O4. The number of ketones is 1. The van der Waals surface area contributed by atoms with Gasteiger partial charge >= 0.3 is 0 Å². The molecule has 162 valence electrons. The number of carbonyl (C=O) groups is 2. The summed E-state index contributed by atoms with van der Waals surface area (Å²) in [5, 5.41) is 11.5. The van der Waals surface area contributed by atoms with Gasteiger partial charge < -0.3 is 14.7 Å². The van der Waals surface area contributed by atoms with E-state index in [2.05, 4.69) is 9.88 Å². The number of hydrogen-bond donors (Lipinski definition) is 1. The lowest BCUT2D eigenvalue weighted by atomic mass is 9.95. The molecule has 8 heteroatoms. The van der Waals surface area contributed by atoms with Gasteiger partial charge in [-0.05, 0) is 36.2 Å². The third-order valence-electron chi connectivity index (χ3n) is 5.66. The van der Waals surface area contributed by atoms with Gasteiger partial charge in [0, 0.05) is 49.2 Å². The van der Waals surface area contributed by atoms with Crippen LogP contribution in [0.5, 0.6) is 0 Å². The Morgan fingerprint density at radius 2 is 1.74 bits per heavy atom. The zero-order valence-corrected chi connectivity index (χ0v) is 17.8. The van der Waals surface area contributed by atoms with Gasteiger partial charge in [-0.3, -0.25) is 19.5 Å². The van der Waals surface area contributed by atoms with E-state index in [4.69, 9.17) is 16.3 Å². The smallest absolute Gasteiger partial charge is 0.295 e. The van der Waals surface area contributed by atoms with Gasteiger partial charge in [0.25, 0.3) is 11.7 Å². The molecule has 7 nitrogen and oxygen atoms in total. The van der Waals surface area contributed by atoms with Gasteiger partial charge in [0.1, 0.15) is 5.76 Å². The van der Waals surface area contributed by atoms with Crippen LogP contribution >= 0.6 is 11.6 Å². The lowest BCUT2D eigenvalue weighted by molar-refractivity contribution is -0.140. The minimum absolute atomic E-state index is 0.0879. The van der Waals surface area contributed by atoms with Crippen molar-refractivity contribution < 1.29 is 19.4 Å². The number of benzene rings is 1. The van der Waals surface area contributed by atoms with E-state index in [1.165, 1.54) is 12.4 Å². The van der Waals surface area contributed by atoms with Crippen LogP contribution in [0.2, 0.25) is 5.02 Å². The van der Waals surface area contributed by atoms with Gasteiger partial charge in [-0.25, -0.2) is 0 Å². The minimum Gasteiger partial charge on any atom is -0.507 e. The number of Topliss-reactive ketones (excluding diaryl/α,β-unsaturated/α-hetero) is 1. The molecule has 0 saturated carbocycles. The van der Waals surface area contributed by atoms with Gasteiger partial charge in [0.2, 0.25) is 0 Å². The predicted octanol–water partition coefficient (Wildman–Crippen LogP) is 2.88. The summed E-state index contributed by atoms with van der Waals surface area (Å²) in [4.78, 5) is 33.7. The quantitative estimate of drug-likeness (QED) is 0.421. The first-order valence-corrected chi connectivity index (χ1v) is 10.7. The topological polar surface area (TPSA) is 83.0 Å². The monoisotopic (exact) mass is 441 g/mol. The summed E-state index contributed by atoms with van der Waals surface area (Å²) in [5.74, 6) is -1.48. The second-order valence-electron chi connectivity index (χ2n) is 7.59. The molecule has 1 amide bonds. The van der Waals surface area contributed by atoms with E-state index in [-0.39, 0.29) is 11.3 Å². The Labute approximate surface area is 185 Å². The molecule has 2 fully saturated rings. The molecule has 0 unspecified atom stereocenters. The first-order chi connectivity index (χ1) is 15.1. The molecule has 1 aromatic carbocycles. The van der Waals surface area contributed by atoms with Crippen LogP contribution in [-0.2, 0) is 14.3 Å². The molecule has 0 bridgehead atoms. The highest BCUT2D eigenvalue weighted by Crippen LogP contribution is 2.39. The van der Waals surface area contributed by atoms with Crippen LogP contribution in [0.1, 0.15) is 23.6 Å². The summed E-state index contributed by atoms with van der Waals surface area (Å²) in [6.07, 6.45) is 3.78. The molecule has 4 rings (SSSR count). The number of aliphatic hydroxyl groups excluding tert-OH is 1. The average Bonchev–Trinajstić information content (AvgIpc) is 3.05. The summed E-state index contributed by atoms with van der Waals surface area (Å²) in [6.45, 7) is 4.36. The Bertz CT molecular complexity index is 972. The molecule has 0 radical (unpaired) electrons. The van der Waals surface area contributed by atoms with E-state index in [1.54, 1.807) is 41.3 Å². The maximum atomic E-state index is 13.0. The van der Waals surface area contributed by atoms with Gasteiger partial charge in [0.05, 0.1) is 24.8 Å². The number of nitrogens with zero attached hydrogens (tertiary/aromatic N) is 3. The highest BCUT2D eigenvalue weighted by atomic mass is 35.5. The van der Waals surface area contributed by atoms with E-state index < -0.39 is 17.7 Å². The van der Waals surface area contributed by atoms with Crippen LogP contribution < -0.4 is 0 Å². The maximum absolute atomic E-state index is 13.0. The summed E-state index contributed by atoms with van der Waals surface area (Å²) in [5.41, 5.74) is 1.26. The van der Waals surface area contributed by atoms with Gasteiger partial charge in [-0.15, -0.1) is 0 Å². The molecule has 31 heavy (non-hydrogen) atoms. The first-order valence-electron chi connectivity index (χ1n) is 10.3. The molecule has 1 N–H and O–H groups in total. The number of aliphatic hydroxyl groups is 1. The number of likely N-dealkylation sites (tertiary alicyclic amines) is 1. The summed E-state index contributed by atoms with van der Waals surface area (Å²) < 4.78 is 5.38. The Balaban J connectivity index is 1.65. The van der Waals surface area contributed by atoms with Crippen LogP contribution in [0.3, 0.4) is 0 Å².